The first kappa shape index (κ1) is 15.7. The van der Waals surface area contributed by atoms with Gasteiger partial charge in [0.2, 0.25) is 5.75 Å². The lowest BCUT2D eigenvalue weighted by Gasteiger charge is -2.32. The molecule has 1 fully saturated rings. The van der Waals surface area contributed by atoms with Crippen molar-refractivity contribution in [2.24, 2.45) is 5.92 Å². The monoisotopic (exact) mass is 320 g/mol. The molecule has 1 aromatic carbocycles. The Morgan fingerprint density at radius 3 is 3.04 bits per heavy atom. The van der Waals surface area contributed by atoms with Crippen LogP contribution in [0.25, 0.3) is 0 Å². The standard InChI is InChI=1S/C17H20O6/c1-3-5-10-11(18)8-14-16(10)22-13-7-4-6-12(17(13)23-14)21-9-15(19)20-2/h3-4,6-7,10-11,14,16,18H,1,5,8-9H2,2H3/t10-,11+,14-,16+/m1/s1. The second-order valence-electron chi connectivity index (χ2n) is 5.68. The maximum absolute atomic E-state index is 11.2. The van der Waals surface area contributed by atoms with Gasteiger partial charge in [-0.05, 0) is 18.6 Å². The second-order valence-corrected chi connectivity index (χ2v) is 5.68. The van der Waals surface area contributed by atoms with Crippen molar-refractivity contribution >= 4 is 5.97 Å². The van der Waals surface area contributed by atoms with Gasteiger partial charge >= 0.3 is 5.97 Å². The summed E-state index contributed by atoms with van der Waals surface area (Å²) in [6, 6.07) is 5.26. The molecule has 2 aliphatic rings. The summed E-state index contributed by atoms with van der Waals surface area (Å²) in [5, 5.41) is 10.2. The molecular weight excluding hydrogens is 300 g/mol. The average Bonchev–Trinajstić information content (AvgIpc) is 2.86. The topological polar surface area (TPSA) is 74.2 Å². The number of aliphatic hydroxyl groups is 1. The first-order valence-electron chi connectivity index (χ1n) is 7.59. The molecule has 0 saturated heterocycles. The molecule has 0 unspecified atom stereocenters. The molecule has 0 spiro atoms. The van der Waals surface area contributed by atoms with E-state index in [1.807, 2.05) is 0 Å². The zero-order valence-corrected chi connectivity index (χ0v) is 12.9. The largest absolute Gasteiger partial charge is 0.482 e. The number of fused-ring (bicyclic) bond motifs is 2. The van der Waals surface area contributed by atoms with Crippen LogP contribution in [0.4, 0.5) is 0 Å². The molecule has 1 saturated carbocycles. The third-order valence-corrected chi connectivity index (χ3v) is 4.24. The van der Waals surface area contributed by atoms with E-state index in [1.165, 1.54) is 7.11 Å². The van der Waals surface area contributed by atoms with Gasteiger partial charge in [-0.1, -0.05) is 12.1 Å². The van der Waals surface area contributed by atoms with E-state index in [9.17, 15) is 9.90 Å². The molecule has 6 nitrogen and oxygen atoms in total. The first-order valence-corrected chi connectivity index (χ1v) is 7.59. The van der Waals surface area contributed by atoms with Crippen LogP contribution in [-0.4, -0.2) is 43.1 Å². The molecule has 1 heterocycles. The summed E-state index contributed by atoms with van der Waals surface area (Å²) in [5.74, 6) is 0.929. The van der Waals surface area contributed by atoms with E-state index in [1.54, 1.807) is 24.3 Å². The lowest BCUT2D eigenvalue weighted by Crippen LogP contribution is -2.39. The fourth-order valence-corrected chi connectivity index (χ4v) is 3.12. The zero-order chi connectivity index (χ0) is 16.4. The molecule has 124 valence electrons. The number of para-hydroxylation sites is 1. The van der Waals surface area contributed by atoms with Gasteiger partial charge in [0.25, 0.3) is 0 Å². The zero-order valence-electron chi connectivity index (χ0n) is 12.9. The summed E-state index contributed by atoms with van der Waals surface area (Å²) in [4.78, 5) is 11.2. The molecule has 0 bridgehead atoms. The minimum Gasteiger partial charge on any atom is -0.482 e. The Morgan fingerprint density at radius 2 is 2.30 bits per heavy atom. The molecule has 1 N–H and O–H groups in total. The van der Waals surface area contributed by atoms with Crippen molar-refractivity contribution < 1.29 is 28.8 Å². The number of hydrogen-bond acceptors (Lipinski definition) is 6. The van der Waals surface area contributed by atoms with Crippen LogP contribution in [0.3, 0.4) is 0 Å². The van der Waals surface area contributed by atoms with Crippen molar-refractivity contribution in [2.45, 2.75) is 31.2 Å². The third kappa shape index (κ3) is 2.99. The highest BCUT2D eigenvalue weighted by Crippen LogP contribution is 2.47. The number of esters is 1. The minimum absolute atomic E-state index is 0.0368. The highest BCUT2D eigenvalue weighted by molar-refractivity contribution is 5.71. The average molecular weight is 320 g/mol. The summed E-state index contributed by atoms with van der Waals surface area (Å²) in [5.41, 5.74) is 0. The number of carbonyl (C=O) groups is 1. The van der Waals surface area contributed by atoms with E-state index >= 15 is 0 Å². The number of allylic oxidation sites excluding steroid dienone is 1. The minimum atomic E-state index is -0.489. The van der Waals surface area contributed by atoms with Gasteiger partial charge in [0, 0.05) is 12.3 Å². The molecule has 6 heteroatoms. The van der Waals surface area contributed by atoms with Crippen LogP contribution in [0.5, 0.6) is 17.2 Å². The van der Waals surface area contributed by atoms with E-state index < -0.39 is 12.1 Å². The van der Waals surface area contributed by atoms with Crippen LogP contribution >= 0.6 is 0 Å². The third-order valence-electron chi connectivity index (χ3n) is 4.24. The van der Waals surface area contributed by atoms with Crippen molar-refractivity contribution in [2.75, 3.05) is 13.7 Å². The van der Waals surface area contributed by atoms with Crippen LogP contribution in [0.15, 0.2) is 30.9 Å². The van der Waals surface area contributed by atoms with E-state index in [4.69, 9.17) is 14.2 Å². The Bertz CT molecular complexity index is 599. The highest BCUT2D eigenvalue weighted by atomic mass is 16.6. The van der Waals surface area contributed by atoms with Gasteiger partial charge in [0.1, 0.15) is 12.2 Å². The van der Waals surface area contributed by atoms with Crippen LogP contribution in [0, 0.1) is 5.92 Å². The molecule has 23 heavy (non-hydrogen) atoms. The van der Waals surface area contributed by atoms with E-state index in [0.717, 1.165) is 0 Å². The molecule has 0 amide bonds. The van der Waals surface area contributed by atoms with Gasteiger partial charge in [-0.2, -0.15) is 0 Å². The quantitative estimate of drug-likeness (QED) is 0.657. The predicted molar refractivity (Wildman–Crippen MR) is 81.7 cm³/mol. The van der Waals surface area contributed by atoms with Gasteiger partial charge in [0.15, 0.2) is 18.1 Å². The van der Waals surface area contributed by atoms with E-state index in [-0.39, 0.29) is 24.7 Å². The Balaban J connectivity index is 1.80. The maximum Gasteiger partial charge on any atom is 0.343 e. The molecule has 1 aliphatic heterocycles. The molecule has 1 aliphatic carbocycles. The number of benzene rings is 1. The summed E-state index contributed by atoms with van der Waals surface area (Å²) >= 11 is 0. The van der Waals surface area contributed by atoms with Gasteiger partial charge < -0.3 is 24.1 Å². The summed E-state index contributed by atoms with van der Waals surface area (Å²) in [7, 11) is 1.30. The number of aliphatic hydroxyl groups excluding tert-OH is 1. The lowest BCUT2D eigenvalue weighted by molar-refractivity contribution is -0.143. The molecular formula is C17H20O6. The van der Waals surface area contributed by atoms with Crippen molar-refractivity contribution in [1.29, 1.82) is 0 Å². The normalized spacial score (nSPS) is 27.9. The molecule has 0 radical (unpaired) electrons. The maximum atomic E-state index is 11.2. The van der Waals surface area contributed by atoms with Crippen molar-refractivity contribution in [3.05, 3.63) is 30.9 Å². The Kier molecular flexibility index (Phi) is 4.43. The Labute approximate surface area is 134 Å². The number of methoxy groups -OCH3 is 1. The molecule has 1 aromatic rings. The van der Waals surface area contributed by atoms with Gasteiger partial charge in [0.05, 0.1) is 13.2 Å². The number of carbonyl (C=O) groups excluding carboxylic acids is 1. The fraction of sp³-hybridized carbons (Fsp3) is 0.471. The van der Waals surface area contributed by atoms with E-state index in [2.05, 4.69) is 11.3 Å². The van der Waals surface area contributed by atoms with Gasteiger partial charge in [-0.15, -0.1) is 6.58 Å². The van der Waals surface area contributed by atoms with Gasteiger partial charge in [-0.25, -0.2) is 4.79 Å². The molecule has 0 aromatic heterocycles. The SMILES string of the molecule is C=CC[C@H]1[C@@H]2Oc3cccc(OCC(=O)OC)c3O[C@@H]2C[C@@H]1O. The molecule has 3 rings (SSSR count). The van der Waals surface area contributed by atoms with Crippen LogP contribution in [-0.2, 0) is 9.53 Å². The van der Waals surface area contributed by atoms with Crippen molar-refractivity contribution in [3.63, 3.8) is 0 Å². The summed E-state index contributed by atoms with van der Waals surface area (Å²) < 4.78 is 22.1. The van der Waals surface area contributed by atoms with Crippen molar-refractivity contribution in [3.8, 4) is 17.2 Å². The van der Waals surface area contributed by atoms with Crippen LogP contribution in [0.2, 0.25) is 0 Å². The summed E-state index contributed by atoms with van der Waals surface area (Å²) in [6.07, 6.45) is 1.99. The lowest BCUT2D eigenvalue weighted by atomic mass is 9.99. The van der Waals surface area contributed by atoms with Crippen molar-refractivity contribution in [1.82, 2.24) is 0 Å². The first-order chi connectivity index (χ1) is 11.1. The predicted octanol–water partition coefficient (Wildman–Crippen LogP) is 1.70. The molecule has 4 atom stereocenters. The van der Waals surface area contributed by atoms with Crippen LogP contribution < -0.4 is 14.2 Å². The number of rotatable bonds is 5. The Morgan fingerprint density at radius 1 is 1.48 bits per heavy atom. The number of ether oxygens (including phenoxy) is 4. The van der Waals surface area contributed by atoms with Gasteiger partial charge in [-0.3, -0.25) is 0 Å². The smallest absolute Gasteiger partial charge is 0.343 e. The summed E-state index contributed by atoms with van der Waals surface area (Å²) in [6.45, 7) is 3.53. The fourth-order valence-electron chi connectivity index (χ4n) is 3.12. The van der Waals surface area contributed by atoms with Crippen LogP contribution in [0.1, 0.15) is 12.8 Å². The highest BCUT2D eigenvalue weighted by Gasteiger charge is 2.48. The van der Waals surface area contributed by atoms with E-state index in [0.29, 0.717) is 30.1 Å². The number of hydrogen-bond donors (Lipinski definition) is 1. The second kappa shape index (κ2) is 6.50. The Hall–Kier alpha value is -2.21.